The third kappa shape index (κ3) is 4.42. The average molecular weight is 595 g/mol. The summed E-state index contributed by atoms with van der Waals surface area (Å²) in [4.78, 5) is 0. The number of phenolic OH excluding ortho intramolecular Hbond substituents is 9. The number of benzene rings is 4. The first-order valence-electron chi connectivity index (χ1n) is 12.9. The van der Waals surface area contributed by atoms with Gasteiger partial charge < -0.3 is 65.6 Å². The molecule has 0 aliphatic carbocycles. The van der Waals surface area contributed by atoms with Crippen molar-refractivity contribution in [2.75, 3.05) is 0 Å². The maximum Gasteiger partial charge on any atom is 0.200 e. The lowest BCUT2D eigenvalue weighted by Crippen LogP contribution is -2.36. The van der Waals surface area contributed by atoms with Crippen molar-refractivity contribution in [1.82, 2.24) is 0 Å². The Labute approximate surface area is 242 Å². The van der Waals surface area contributed by atoms with E-state index in [1.807, 2.05) is 0 Å². The molecule has 224 valence electrons. The zero-order valence-corrected chi connectivity index (χ0v) is 21.9. The van der Waals surface area contributed by atoms with E-state index < -0.39 is 82.1 Å². The summed E-state index contributed by atoms with van der Waals surface area (Å²) in [5.41, 5.74) is 0.0126. The minimum Gasteiger partial charge on any atom is -0.508 e. The lowest BCUT2D eigenvalue weighted by molar-refractivity contribution is 0.00108. The van der Waals surface area contributed by atoms with Gasteiger partial charge in [0.15, 0.2) is 34.9 Å². The number of ether oxygens (including phenoxy) is 2. The van der Waals surface area contributed by atoms with Gasteiger partial charge in [-0.1, -0.05) is 6.07 Å². The number of phenols is 9. The molecule has 0 spiro atoms. The van der Waals surface area contributed by atoms with Crippen LogP contribution in [0.3, 0.4) is 0 Å². The van der Waals surface area contributed by atoms with Gasteiger partial charge >= 0.3 is 0 Å². The SMILES string of the molecule is Oc1cc(O)c2c(c1)O[C@H](c1cc(O)c(O)c(O)c1)C(O)[C@@H]2c1c(O)cc(O)c2c1O[C@H](c1ccc(O)c(O)c1)C(O)C2. The molecule has 43 heavy (non-hydrogen) atoms. The number of fused-ring (bicyclic) bond motifs is 2. The van der Waals surface area contributed by atoms with E-state index >= 15 is 0 Å². The summed E-state index contributed by atoms with van der Waals surface area (Å²) in [5, 5.41) is 116. The third-order valence-electron chi connectivity index (χ3n) is 7.77. The van der Waals surface area contributed by atoms with E-state index in [0.29, 0.717) is 0 Å². The quantitative estimate of drug-likeness (QED) is 0.153. The van der Waals surface area contributed by atoms with Gasteiger partial charge in [-0.15, -0.1) is 0 Å². The zero-order chi connectivity index (χ0) is 30.9. The molecule has 13 nitrogen and oxygen atoms in total. The first-order chi connectivity index (χ1) is 20.3. The summed E-state index contributed by atoms with van der Waals surface area (Å²) in [6.07, 6.45) is -5.81. The predicted molar refractivity (Wildman–Crippen MR) is 145 cm³/mol. The largest absolute Gasteiger partial charge is 0.508 e. The van der Waals surface area contributed by atoms with Gasteiger partial charge in [-0.2, -0.15) is 0 Å². The van der Waals surface area contributed by atoms with Crippen LogP contribution in [0.2, 0.25) is 0 Å². The fourth-order valence-corrected chi connectivity index (χ4v) is 5.78. The van der Waals surface area contributed by atoms with Crippen molar-refractivity contribution < 1.29 is 65.6 Å². The van der Waals surface area contributed by atoms with Gasteiger partial charge in [0.25, 0.3) is 0 Å². The molecular weight excluding hydrogens is 568 g/mol. The Balaban J connectivity index is 1.56. The molecule has 0 saturated heterocycles. The van der Waals surface area contributed by atoms with Crippen molar-refractivity contribution in [2.45, 2.75) is 36.8 Å². The standard InChI is InChI=1S/C30H26O13/c31-12-6-17(35)23-22(7-12)42-29(11-4-19(37)26(40)20(38)5-11)27(41)25(23)24-18(36)9-15(33)13-8-21(39)28(43-30(13)24)10-1-2-14(32)16(34)3-10/h1-7,9,21,25,27-29,31-41H,8H2/t21?,25-,27?,28+,29+/m0/s1. The highest BCUT2D eigenvalue weighted by Gasteiger charge is 2.46. The predicted octanol–water partition coefficient (Wildman–Crippen LogP) is 2.70. The number of rotatable bonds is 3. The van der Waals surface area contributed by atoms with Crippen molar-refractivity contribution in [2.24, 2.45) is 0 Å². The molecule has 0 saturated carbocycles. The maximum absolute atomic E-state index is 11.8. The second kappa shape index (κ2) is 9.86. The molecule has 2 aliphatic heterocycles. The Hall–Kier alpha value is -5.40. The first kappa shape index (κ1) is 27.8. The van der Waals surface area contributed by atoms with Crippen LogP contribution in [0.4, 0.5) is 0 Å². The minimum atomic E-state index is -1.71. The minimum absolute atomic E-state index is 0.0281. The van der Waals surface area contributed by atoms with Crippen LogP contribution in [0, 0.1) is 0 Å². The second-order valence-electron chi connectivity index (χ2n) is 10.5. The topological polar surface area (TPSA) is 241 Å². The van der Waals surface area contributed by atoms with E-state index in [9.17, 15) is 56.2 Å². The van der Waals surface area contributed by atoms with Gasteiger partial charge in [-0.25, -0.2) is 0 Å². The van der Waals surface area contributed by atoms with Crippen molar-refractivity contribution in [3.63, 3.8) is 0 Å². The lowest BCUT2D eigenvalue weighted by Gasteiger charge is -2.40. The normalized spacial score (nSPS) is 22.6. The second-order valence-corrected chi connectivity index (χ2v) is 10.5. The molecule has 0 bridgehead atoms. The van der Waals surface area contributed by atoms with Crippen LogP contribution < -0.4 is 9.47 Å². The number of hydrogen-bond donors (Lipinski definition) is 11. The monoisotopic (exact) mass is 594 g/mol. The highest BCUT2D eigenvalue weighted by atomic mass is 16.5. The van der Waals surface area contributed by atoms with Crippen molar-refractivity contribution in [1.29, 1.82) is 0 Å². The van der Waals surface area contributed by atoms with Crippen molar-refractivity contribution >= 4 is 0 Å². The molecule has 5 atom stereocenters. The van der Waals surface area contributed by atoms with E-state index in [-0.39, 0.29) is 45.7 Å². The molecule has 6 rings (SSSR count). The summed E-state index contributed by atoms with van der Waals surface area (Å²) in [6, 6.07) is 8.90. The molecule has 11 N–H and O–H groups in total. The summed E-state index contributed by atoms with van der Waals surface area (Å²) in [5.74, 6) is -6.87. The van der Waals surface area contributed by atoms with E-state index in [2.05, 4.69) is 0 Å². The van der Waals surface area contributed by atoms with Crippen LogP contribution >= 0.6 is 0 Å². The van der Waals surface area contributed by atoms with E-state index in [1.54, 1.807) is 0 Å². The van der Waals surface area contributed by atoms with E-state index in [0.717, 1.165) is 30.3 Å². The Morgan fingerprint density at radius 1 is 0.558 bits per heavy atom. The van der Waals surface area contributed by atoms with Crippen LogP contribution in [0.25, 0.3) is 0 Å². The molecule has 4 aromatic rings. The number of aliphatic hydroxyl groups excluding tert-OH is 2. The Bertz CT molecular complexity index is 1750. The van der Waals surface area contributed by atoms with Crippen LogP contribution in [-0.4, -0.2) is 68.4 Å². The molecule has 2 unspecified atom stereocenters. The van der Waals surface area contributed by atoms with Crippen molar-refractivity contribution in [3.8, 4) is 63.2 Å². The highest BCUT2D eigenvalue weighted by Crippen LogP contribution is 2.57. The molecule has 2 aliphatic rings. The van der Waals surface area contributed by atoms with Gasteiger partial charge in [-0.05, 0) is 29.8 Å². The van der Waals surface area contributed by atoms with E-state index in [1.165, 1.54) is 18.2 Å². The van der Waals surface area contributed by atoms with Crippen LogP contribution in [0.15, 0.2) is 48.5 Å². The Morgan fingerprint density at radius 3 is 1.88 bits per heavy atom. The Morgan fingerprint density at radius 2 is 1.21 bits per heavy atom. The van der Waals surface area contributed by atoms with Crippen molar-refractivity contribution in [3.05, 3.63) is 76.3 Å². The smallest absolute Gasteiger partial charge is 0.200 e. The van der Waals surface area contributed by atoms with Crippen LogP contribution in [-0.2, 0) is 6.42 Å². The summed E-state index contributed by atoms with van der Waals surface area (Å²) < 4.78 is 12.0. The fourth-order valence-electron chi connectivity index (χ4n) is 5.78. The van der Waals surface area contributed by atoms with E-state index in [4.69, 9.17) is 9.47 Å². The molecule has 0 fully saturated rings. The highest BCUT2D eigenvalue weighted by molar-refractivity contribution is 5.66. The zero-order valence-electron chi connectivity index (χ0n) is 21.9. The van der Waals surface area contributed by atoms with Gasteiger partial charge in [0, 0.05) is 46.9 Å². The van der Waals surface area contributed by atoms with Gasteiger partial charge in [-0.3, -0.25) is 0 Å². The van der Waals surface area contributed by atoms with Gasteiger partial charge in [0.2, 0.25) is 0 Å². The molecule has 13 heteroatoms. The first-order valence-corrected chi connectivity index (χ1v) is 12.9. The lowest BCUT2D eigenvalue weighted by atomic mass is 9.77. The maximum atomic E-state index is 11.8. The van der Waals surface area contributed by atoms with Gasteiger partial charge in [0.1, 0.15) is 46.7 Å². The summed E-state index contributed by atoms with van der Waals surface area (Å²) >= 11 is 0. The number of hydrogen-bond acceptors (Lipinski definition) is 13. The van der Waals surface area contributed by atoms with Gasteiger partial charge in [0.05, 0.1) is 12.0 Å². The molecule has 0 amide bonds. The summed E-state index contributed by atoms with van der Waals surface area (Å²) in [6.45, 7) is 0. The third-order valence-corrected chi connectivity index (χ3v) is 7.77. The average Bonchev–Trinajstić information content (AvgIpc) is 2.94. The molecule has 0 aromatic heterocycles. The van der Waals surface area contributed by atoms with Crippen LogP contribution in [0.1, 0.15) is 45.9 Å². The molecular formula is C30H26O13. The fraction of sp³-hybridized carbons (Fsp3) is 0.200. The molecule has 2 heterocycles. The number of aromatic hydroxyl groups is 9. The van der Waals surface area contributed by atoms with Crippen LogP contribution in [0.5, 0.6) is 63.2 Å². The molecule has 0 radical (unpaired) electrons. The Kier molecular flexibility index (Phi) is 6.36. The molecule has 4 aromatic carbocycles. The number of aliphatic hydroxyl groups is 2. The summed E-state index contributed by atoms with van der Waals surface area (Å²) in [7, 11) is 0.